The Morgan fingerprint density at radius 3 is 2.58 bits per heavy atom. The van der Waals surface area contributed by atoms with Gasteiger partial charge in [-0.2, -0.15) is 0 Å². The Hall–Kier alpha value is -0.160. The van der Waals surface area contributed by atoms with Gasteiger partial charge in [-0.05, 0) is 13.8 Å². The van der Waals surface area contributed by atoms with Crippen molar-refractivity contribution in [1.29, 1.82) is 0 Å². The van der Waals surface area contributed by atoms with E-state index in [0.717, 1.165) is 0 Å². The van der Waals surface area contributed by atoms with E-state index in [1.807, 2.05) is 0 Å². The van der Waals surface area contributed by atoms with Crippen LogP contribution in [0.1, 0.15) is 20.3 Å². The first kappa shape index (κ1) is 9.92. The fourth-order valence-electron chi connectivity index (χ4n) is 1.46. The third kappa shape index (κ3) is 1.77. The van der Waals surface area contributed by atoms with Gasteiger partial charge >= 0.3 is 0 Å². The molecule has 1 rings (SSSR count). The summed E-state index contributed by atoms with van der Waals surface area (Å²) < 4.78 is 10.2. The Labute approximate surface area is 72.1 Å². The lowest BCUT2D eigenvalue weighted by Gasteiger charge is -2.41. The van der Waals surface area contributed by atoms with Crippen LogP contribution in [0, 0.1) is 0 Å². The summed E-state index contributed by atoms with van der Waals surface area (Å²) in [4.78, 5) is 0. The summed E-state index contributed by atoms with van der Waals surface area (Å²) in [6.07, 6.45) is -1.35. The van der Waals surface area contributed by atoms with E-state index >= 15 is 0 Å². The van der Waals surface area contributed by atoms with Gasteiger partial charge in [0, 0.05) is 13.5 Å². The molecule has 12 heavy (non-hydrogen) atoms. The zero-order chi connectivity index (χ0) is 9.35. The number of aliphatic hydroxyl groups is 2. The minimum atomic E-state index is -1.11. The second-order valence-electron chi connectivity index (χ2n) is 3.51. The third-order valence-corrected chi connectivity index (χ3v) is 2.29. The smallest absolute Gasteiger partial charge is 0.160 e. The second-order valence-corrected chi connectivity index (χ2v) is 3.51. The van der Waals surface area contributed by atoms with Gasteiger partial charge in [-0.1, -0.05) is 0 Å². The maximum absolute atomic E-state index is 9.70. The molecule has 0 aromatic rings. The molecule has 0 bridgehead atoms. The predicted molar refractivity (Wildman–Crippen MR) is 42.6 cm³/mol. The molecule has 0 aromatic heterocycles. The Bertz CT molecular complexity index is 157. The van der Waals surface area contributed by atoms with E-state index in [1.54, 1.807) is 13.8 Å². The minimum absolute atomic E-state index is 0.301. The predicted octanol–water partition coefficient (Wildman–Crippen LogP) is -0.120. The summed E-state index contributed by atoms with van der Waals surface area (Å²) in [5.41, 5.74) is -1.11. The SMILES string of the molecule is COC1C[C@](C)(O)[C@H](O)[C@@H](C)O1. The van der Waals surface area contributed by atoms with Crippen LogP contribution in [0.5, 0.6) is 0 Å². The summed E-state index contributed by atoms with van der Waals surface area (Å²) in [6, 6.07) is 0. The molecule has 0 radical (unpaired) electrons. The molecule has 4 nitrogen and oxygen atoms in total. The molecule has 0 amide bonds. The minimum Gasteiger partial charge on any atom is -0.387 e. The highest BCUT2D eigenvalue weighted by molar-refractivity contribution is 4.90. The maximum atomic E-state index is 9.70. The fraction of sp³-hybridized carbons (Fsp3) is 1.00. The normalized spacial score (nSPS) is 49.2. The van der Waals surface area contributed by atoms with E-state index in [9.17, 15) is 10.2 Å². The summed E-state index contributed by atoms with van der Waals surface area (Å²) in [5, 5.41) is 19.2. The molecule has 0 aromatic carbocycles. The molecule has 0 aliphatic carbocycles. The molecular weight excluding hydrogens is 160 g/mol. The second kappa shape index (κ2) is 3.30. The lowest BCUT2D eigenvalue weighted by atomic mass is 9.89. The molecule has 72 valence electrons. The number of hydrogen-bond donors (Lipinski definition) is 2. The fourth-order valence-corrected chi connectivity index (χ4v) is 1.46. The molecule has 1 aliphatic rings. The van der Waals surface area contributed by atoms with Gasteiger partial charge in [0.25, 0.3) is 0 Å². The van der Waals surface area contributed by atoms with Crippen molar-refractivity contribution in [3.05, 3.63) is 0 Å². The van der Waals surface area contributed by atoms with Crippen LogP contribution >= 0.6 is 0 Å². The van der Waals surface area contributed by atoms with E-state index in [1.165, 1.54) is 7.11 Å². The first-order chi connectivity index (χ1) is 5.47. The third-order valence-electron chi connectivity index (χ3n) is 2.29. The standard InChI is InChI=1S/C8H16O4/c1-5-7(9)8(2,10)4-6(11-3)12-5/h5-7,9-10H,4H2,1-3H3/t5-,6?,7-,8+/m1/s1. The quantitative estimate of drug-likeness (QED) is 0.584. The molecule has 2 N–H and O–H groups in total. The van der Waals surface area contributed by atoms with Crippen LogP contribution in [0.3, 0.4) is 0 Å². The molecule has 1 saturated heterocycles. The van der Waals surface area contributed by atoms with Gasteiger partial charge in [-0.15, -0.1) is 0 Å². The van der Waals surface area contributed by atoms with E-state index in [4.69, 9.17) is 9.47 Å². The molecule has 4 atom stereocenters. The summed E-state index contributed by atoms with van der Waals surface area (Å²) in [5.74, 6) is 0. The number of aliphatic hydroxyl groups excluding tert-OH is 1. The molecule has 0 spiro atoms. The monoisotopic (exact) mass is 176 g/mol. The van der Waals surface area contributed by atoms with Crippen LogP contribution in [-0.4, -0.2) is 41.4 Å². The lowest BCUT2D eigenvalue weighted by Crippen LogP contribution is -2.54. The molecule has 1 fully saturated rings. The van der Waals surface area contributed by atoms with E-state index in [0.29, 0.717) is 6.42 Å². The van der Waals surface area contributed by atoms with Crippen molar-refractivity contribution in [3.63, 3.8) is 0 Å². The van der Waals surface area contributed by atoms with E-state index < -0.39 is 24.1 Å². The van der Waals surface area contributed by atoms with Crippen molar-refractivity contribution >= 4 is 0 Å². The van der Waals surface area contributed by atoms with Crippen LogP contribution in [-0.2, 0) is 9.47 Å². The average Bonchev–Trinajstić information content (AvgIpc) is 1.99. The largest absolute Gasteiger partial charge is 0.387 e. The van der Waals surface area contributed by atoms with Gasteiger partial charge in [0.2, 0.25) is 0 Å². The summed E-state index contributed by atoms with van der Waals surface area (Å²) in [7, 11) is 1.52. The van der Waals surface area contributed by atoms with Crippen molar-refractivity contribution in [2.75, 3.05) is 7.11 Å². The summed E-state index contributed by atoms with van der Waals surface area (Å²) >= 11 is 0. The first-order valence-corrected chi connectivity index (χ1v) is 4.06. The molecule has 4 heteroatoms. The average molecular weight is 176 g/mol. The molecule has 0 saturated carbocycles. The highest BCUT2D eigenvalue weighted by Gasteiger charge is 2.43. The van der Waals surface area contributed by atoms with Gasteiger partial charge in [-0.3, -0.25) is 0 Å². The highest BCUT2D eigenvalue weighted by atomic mass is 16.7. The topological polar surface area (TPSA) is 58.9 Å². The summed E-state index contributed by atoms with van der Waals surface area (Å²) in [6.45, 7) is 3.30. The van der Waals surface area contributed by atoms with Crippen molar-refractivity contribution < 1.29 is 19.7 Å². The molecule has 1 aliphatic heterocycles. The molecule has 1 unspecified atom stereocenters. The van der Waals surface area contributed by atoms with Crippen molar-refractivity contribution in [3.8, 4) is 0 Å². The van der Waals surface area contributed by atoms with E-state index in [2.05, 4.69) is 0 Å². The van der Waals surface area contributed by atoms with Crippen LogP contribution in [0.4, 0.5) is 0 Å². The van der Waals surface area contributed by atoms with Gasteiger partial charge in [0.05, 0.1) is 11.7 Å². The highest BCUT2D eigenvalue weighted by Crippen LogP contribution is 2.28. The van der Waals surface area contributed by atoms with Crippen LogP contribution in [0.15, 0.2) is 0 Å². The van der Waals surface area contributed by atoms with Crippen molar-refractivity contribution in [2.24, 2.45) is 0 Å². The molecular formula is C8H16O4. The zero-order valence-electron chi connectivity index (χ0n) is 7.65. The number of hydrogen-bond acceptors (Lipinski definition) is 4. The zero-order valence-corrected chi connectivity index (χ0v) is 7.65. The maximum Gasteiger partial charge on any atom is 0.160 e. The van der Waals surface area contributed by atoms with E-state index in [-0.39, 0.29) is 0 Å². The first-order valence-electron chi connectivity index (χ1n) is 4.06. The van der Waals surface area contributed by atoms with Crippen molar-refractivity contribution in [2.45, 2.75) is 44.4 Å². The van der Waals surface area contributed by atoms with Gasteiger partial charge in [-0.25, -0.2) is 0 Å². The number of rotatable bonds is 1. The van der Waals surface area contributed by atoms with Crippen LogP contribution in [0.25, 0.3) is 0 Å². The number of ether oxygens (including phenoxy) is 2. The Kier molecular flexibility index (Phi) is 2.73. The Balaban J connectivity index is 2.65. The van der Waals surface area contributed by atoms with Crippen LogP contribution < -0.4 is 0 Å². The number of methoxy groups -OCH3 is 1. The van der Waals surface area contributed by atoms with Crippen LogP contribution in [0.2, 0.25) is 0 Å². The lowest BCUT2D eigenvalue weighted by molar-refractivity contribution is -0.264. The van der Waals surface area contributed by atoms with Gasteiger partial charge < -0.3 is 19.7 Å². The molecule has 1 heterocycles. The van der Waals surface area contributed by atoms with Gasteiger partial charge in [0.15, 0.2) is 6.29 Å². The Morgan fingerprint density at radius 2 is 2.17 bits per heavy atom. The Morgan fingerprint density at radius 1 is 1.58 bits per heavy atom. The van der Waals surface area contributed by atoms with Crippen molar-refractivity contribution in [1.82, 2.24) is 0 Å². The van der Waals surface area contributed by atoms with Gasteiger partial charge in [0.1, 0.15) is 6.10 Å².